The van der Waals surface area contributed by atoms with Crippen LogP contribution in [0.15, 0.2) is 49.7 Å². The molecular weight excluding hydrogens is 258 g/mol. The summed E-state index contributed by atoms with van der Waals surface area (Å²) < 4.78 is 0. The fourth-order valence-corrected chi connectivity index (χ4v) is 2.20. The Kier molecular flexibility index (Phi) is 6.60. The van der Waals surface area contributed by atoms with Crippen molar-refractivity contribution in [3.8, 4) is 0 Å². The first-order chi connectivity index (χ1) is 10.1. The molecule has 0 aliphatic heterocycles. The van der Waals surface area contributed by atoms with E-state index in [4.69, 9.17) is 5.73 Å². The zero-order valence-electron chi connectivity index (χ0n) is 13.3. The van der Waals surface area contributed by atoms with Crippen LogP contribution in [0, 0.1) is 0 Å². The summed E-state index contributed by atoms with van der Waals surface area (Å²) in [4.78, 5) is 2.23. The van der Waals surface area contributed by atoms with E-state index in [-0.39, 0.29) is 0 Å². The highest BCUT2D eigenvalue weighted by Gasteiger charge is 2.12. The molecule has 1 aromatic rings. The summed E-state index contributed by atoms with van der Waals surface area (Å²) >= 11 is 0. The molecule has 0 fully saturated rings. The number of nitrogens with one attached hydrogen (secondary N) is 1. The lowest BCUT2D eigenvalue weighted by atomic mass is 10.1. The molecule has 0 heterocycles. The molecular formula is C18H27N3. The number of rotatable bonds is 9. The molecule has 1 rings (SSSR count). The van der Waals surface area contributed by atoms with Gasteiger partial charge in [0.2, 0.25) is 0 Å². The van der Waals surface area contributed by atoms with Gasteiger partial charge in [0.25, 0.3) is 0 Å². The molecule has 0 spiro atoms. The van der Waals surface area contributed by atoms with E-state index in [1.807, 2.05) is 18.2 Å². The van der Waals surface area contributed by atoms with Crippen molar-refractivity contribution >= 4 is 17.1 Å². The lowest BCUT2D eigenvalue weighted by Gasteiger charge is -2.26. The summed E-state index contributed by atoms with van der Waals surface area (Å²) in [7, 11) is 0. The molecule has 0 aliphatic carbocycles. The maximum Gasteiger partial charge on any atom is 0.0636 e. The highest BCUT2D eigenvalue weighted by Crippen LogP contribution is 2.31. The first kappa shape index (κ1) is 16.9. The van der Waals surface area contributed by atoms with Crippen LogP contribution in [0.25, 0.3) is 0 Å². The number of nitrogens with zero attached hydrogens (tertiary/aromatic N) is 1. The van der Waals surface area contributed by atoms with Gasteiger partial charge < -0.3 is 16.0 Å². The first-order valence-electron chi connectivity index (χ1n) is 7.41. The SMILES string of the molecule is C=CCN(CC=C)c1cc(NC(=C)CC)c(N)cc1CC. The third-order valence-corrected chi connectivity index (χ3v) is 3.41. The first-order valence-corrected chi connectivity index (χ1v) is 7.41. The average Bonchev–Trinajstić information content (AvgIpc) is 2.48. The van der Waals surface area contributed by atoms with Gasteiger partial charge in [-0.1, -0.05) is 32.6 Å². The van der Waals surface area contributed by atoms with E-state index >= 15 is 0 Å². The predicted octanol–water partition coefficient (Wildman–Crippen LogP) is 4.35. The summed E-state index contributed by atoms with van der Waals surface area (Å²) in [5.41, 5.74) is 11.2. The zero-order valence-corrected chi connectivity index (χ0v) is 13.3. The van der Waals surface area contributed by atoms with Crippen LogP contribution in [0.4, 0.5) is 17.1 Å². The molecule has 0 aliphatic rings. The second kappa shape index (κ2) is 8.20. The molecule has 3 heteroatoms. The second-order valence-electron chi connectivity index (χ2n) is 4.99. The quantitative estimate of drug-likeness (QED) is 0.523. The van der Waals surface area contributed by atoms with Crippen LogP contribution in [0.5, 0.6) is 0 Å². The van der Waals surface area contributed by atoms with Crippen LogP contribution in [-0.4, -0.2) is 13.1 Å². The summed E-state index contributed by atoms with van der Waals surface area (Å²) in [5.74, 6) is 0. The second-order valence-corrected chi connectivity index (χ2v) is 4.99. The lowest BCUT2D eigenvalue weighted by molar-refractivity contribution is 0.937. The normalized spacial score (nSPS) is 10.0. The van der Waals surface area contributed by atoms with Gasteiger partial charge in [-0.25, -0.2) is 0 Å². The summed E-state index contributed by atoms with van der Waals surface area (Å²) in [6.45, 7) is 17.4. The molecule has 3 N–H and O–H groups in total. The smallest absolute Gasteiger partial charge is 0.0636 e. The molecule has 0 saturated heterocycles. The number of nitrogens with two attached hydrogens (primary N) is 1. The molecule has 0 unspecified atom stereocenters. The van der Waals surface area contributed by atoms with Gasteiger partial charge in [0.1, 0.15) is 0 Å². The number of allylic oxidation sites excluding steroid dienone is 1. The minimum absolute atomic E-state index is 0.752. The Morgan fingerprint density at radius 3 is 2.33 bits per heavy atom. The maximum atomic E-state index is 6.15. The van der Waals surface area contributed by atoms with E-state index in [0.717, 1.165) is 48.7 Å². The highest BCUT2D eigenvalue weighted by atomic mass is 15.1. The van der Waals surface area contributed by atoms with Gasteiger partial charge in [-0.05, 0) is 30.5 Å². The minimum Gasteiger partial charge on any atom is -0.397 e. The Morgan fingerprint density at radius 1 is 1.24 bits per heavy atom. The van der Waals surface area contributed by atoms with Crippen molar-refractivity contribution in [2.24, 2.45) is 0 Å². The number of hydrogen-bond acceptors (Lipinski definition) is 3. The van der Waals surface area contributed by atoms with Crippen LogP contribution in [0.3, 0.4) is 0 Å². The fraction of sp³-hybridized carbons (Fsp3) is 0.333. The fourth-order valence-electron chi connectivity index (χ4n) is 2.20. The van der Waals surface area contributed by atoms with Crippen molar-refractivity contribution in [1.29, 1.82) is 0 Å². The van der Waals surface area contributed by atoms with Crippen molar-refractivity contribution in [3.63, 3.8) is 0 Å². The Labute approximate surface area is 128 Å². The molecule has 3 nitrogen and oxygen atoms in total. The Morgan fingerprint density at radius 2 is 1.86 bits per heavy atom. The van der Waals surface area contributed by atoms with Gasteiger partial charge in [-0.15, -0.1) is 13.2 Å². The van der Waals surface area contributed by atoms with Crippen molar-refractivity contribution in [2.75, 3.05) is 29.0 Å². The van der Waals surface area contributed by atoms with E-state index in [0.29, 0.717) is 0 Å². The molecule has 21 heavy (non-hydrogen) atoms. The summed E-state index contributed by atoms with van der Waals surface area (Å²) in [5, 5.41) is 3.29. The third kappa shape index (κ3) is 4.42. The van der Waals surface area contributed by atoms with Gasteiger partial charge in [0, 0.05) is 24.5 Å². The lowest BCUT2D eigenvalue weighted by Crippen LogP contribution is -2.24. The largest absolute Gasteiger partial charge is 0.397 e. The minimum atomic E-state index is 0.752. The van der Waals surface area contributed by atoms with Crippen LogP contribution in [0.1, 0.15) is 25.8 Å². The van der Waals surface area contributed by atoms with Crippen molar-refractivity contribution in [1.82, 2.24) is 0 Å². The number of hydrogen-bond donors (Lipinski definition) is 2. The number of aryl methyl sites for hydroxylation is 1. The number of benzene rings is 1. The molecule has 0 aromatic heterocycles. The highest BCUT2D eigenvalue weighted by molar-refractivity contribution is 5.76. The third-order valence-electron chi connectivity index (χ3n) is 3.41. The van der Waals surface area contributed by atoms with E-state index in [9.17, 15) is 0 Å². The van der Waals surface area contributed by atoms with Crippen molar-refractivity contribution in [2.45, 2.75) is 26.7 Å². The van der Waals surface area contributed by atoms with E-state index in [1.54, 1.807) is 0 Å². The molecule has 0 amide bonds. The van der Waals surface area contributed by atoms with Crippen molar-refractivity contribution < 1.29 is 0 Å². The van der Waals surface area contributed by atoms with Crippen LogP contribution in [-0.2, 0) is 6.42 Å². The van der Waals surface area contributed by atoms with Gasteiger partial charge in [-0.3, -0.25) is 0 Å². The maximum absolute atomic E-state index is 6.15. The Balaban J connectivity index is 3.25. The Bertz CT molecular complexity index is 507. The van der Waals surface area contributed by atoms with E-state index in [1.165, 1.54) is 5.56 Å². The standard InChI is InChI=1S/C18H27N3/c1-6-10-21(11-7-2)18-13-17(20-14(5)8-3)16(19)12-15(18)9-4/h6-7,12-13,20H,1-2,5,8-11,19H2,3-4H3. The van der Waals surface area contributed by atoms with Gasteiger partial charge >= 0.3 is 0 Å². The molecule has 0 radical (unpaired) electrons. The van der Waals surface area contributed by atoms with Crippen LogP contribution in [0.2, 0.25) is 0 Å². The van der Waals surface area contributed by atoms with Crippen LogP contribution >= 0.6 is 0 Å². The predicted molar refractivity (Wildman–Crippen MR) is 95.9 cm³/mol. The van der Waals surface area contributed by atoms with Gasteiger partial charge in [-0.2, -0.15) is 0 Å². The van der Waals surface area contributed by atoms with Crippen LogP contribution < -0.4 is 16.0 Å². The number of anilines is 3. The van der Waals surface area contributed by atoms with Gasteiger partial charge in [0.05, 0.1) is 11.4 Å². The van der Waals surface area contributed by atoms with E-state index < -0.39 is 0 Å². The molecule has 0 bridgehead atoms. The van der Waals surface area contributed by atoms with E-state index in [2.05, 4.69) is 49.9 Å². The van der Waals surface area contributed by atoms with Crippen molar-refractivity contribution in [3.05, 3.63) is 55.3 Å². The Hall–Kier alpha value is -2.16. The molecule has 0 saturated carbocycles. The average molecular weight is 285 g/mol. The summed E-state index contributed by atoms with van der Waals surface area (Å²) in [6, 6.07) is 4.14. The molecule has 1 aromatic carbocycles. The molecule has 0 atom stereocenters. The van der Waals surface area contributed by atoms with Gasteiger partial charge in [0.15, 0.2) is 0 Å². The molecule has 114 valence electrons. The number of nitrogen functional groups attached to an aromatic ring is 1. The summed E-state index contributed by atoms with van der Waals surface area (Å²) in [6.07, 6.45) is 5.60. The zero-order chi connectivity index (χ0) is 15.8. The monoisotopic (exact) mass is 285 g/mol. The topological polar surface area (TPSA) is 41.3 Å².